The van der Waals surface area contributed by atoms with Gasteiger partial charge in [-0.25, -0.2) is 9.59 Å². The lowest BCUT2D eigenvalue weighted by molar-refractivity contribution is -0.0796. The van der Waals surface area contributed by atoms with Crippen molar-refractivity contribution in [2.24, 2.45) is 0 Å². The Morgan fingerprint density at radius 2 is 1.71 bits per heavy atom. The van der Waals surface area contributed by atoms with E-state index in [0.29, 0.717) is 18.6 Å². The van der Waals surface area contributed by atoms with Crippen molar-refractivity contribution in [2.75, 3.05) is 12.0 Å². The van der Waals surface area contributed by atoms with Crippen molar-refractivity contribution < 1.29 is 23.8 Å². The third-order valence-electron chi connectivity index (χ3n) is 3.25. The number of hydrogen-bond acceptors (Lipinski definition) is 7. The van der Waals surface area contributed by atoms with Gasteiger partial charge in [-0.15, -0.1) is 0 Å². The summed E-state index contributed by atoms with van der Waals surface area (Å²) in [5, 5.41) is -0.603. The Morgan fingerprint density at radius 1 is 1.08 bits per heavy atom. The first-order valence-corrected chi connectivity index (χ1v) is 10.4. The van der Waals surface area contributed by atoms with Crippen LogP contribution in [0.3, 0.4) is 0 Å². The van der Waals surface area contributed by atoms with Crippen LogP contribution in [-0.4, -0.2) is 46.5 Å². The fraction of sp³-hybridized carbons (Fsp3) is 0.765. The second-order valence-corrected chi connectivity index (χ2v) is 8.44. The molecule has 5 nitrogen and oxygen atoms in total. The zero-order valence-corrected chi connectivity index (χ0v) is 16.7. The Bertz CT molecular complexity index is 445. The zero-order valence-electron chi connectivity index (χ0n) is 15.1. The number of hydrogen-bond donors (Lipinski definition) is 0. The first-order valence-electron chi connectivity index (χ1n) is 8.17. The molecule has 0 N–H and O–H groups in total. The van der Waals surface area contributed by atoms with Crippen LogP contribution in [0.5, 0.6) is 0 Å². The van der Waals surface area contributed by atoms with Crippen LogP contribution in [0.4, 0.5) is 9.59 Å². The highest BCUT2D eigenvalue weighted by molar-refractivity contribution is 8.13. The molecule has 0 saturated heterocycles. The van der Waals surface area contributed by atoms with E-state index in [-0.39, 0.29) is 34.5 Å². The van der Waals surface area contributed by atoms with Crippen molar-refractivity contribution in [2.45, 2.75) is 70.9 Å². The van der Waals surface area contributed by atoms with Gasteiger partial charge in [0, 0.05) is 12.2 Å². The van der Waals surface area contributed by atoms with E-state index in [1.165, 1.54) is 0 Å². The quantitative estimate of drug-likeness (QED) is 0.503. The predicted octanol–water partition coefficient (Wildman–Crippen LogP) is 5.04. The van der Waals surface area contributed by atoms with Gasteiger partial charge in [0.05, 0.1) is 11.7 Å². The van der Waals surface area contributed by atoms with Crippen LogP contribution in [0, 0.1) is 0 Å². The molecule has 3 unspecified atom stereocenters. The minimum atomic E-state index is -0.375. The van der Waals surface area contributed by atoms with Gasteiger partial charge in [0.2, 0.25) is 0 Å². The molecule has 0 heterocycles. The Morgan fingerprint density at radius 3 is 2.29 bits per heavy atom. The van der Waals surface area contributed by atoms with Gasteiger partial charge in [0.1, 0.15) is 12.2 Å². The minimum absolute atomic E-state index is 0.0603. The number of ether oxygens (including phenoxy) is 3. The third kappa shape index (κ3) is 8.99. The molecular weight excluding hydrogens is 348 g/mol. The molecule has 0 aromatic heterocycles. The summed E-state index contributed by atoms with van der Waals surface area (Å²) in [5.74, 6) is 0.672. The largest absolute Gasteiger partial charge is 0.450 e. The summed E-state index contributed by atoms with van der Waals surface area (Å²) in [7, 11) is 0. The second kappa shape index (κ2) is 10.4. The van der Waals surface area contributed by atoms with Crippen molar-refractivity contribution in [3.63, 3.8) is 0 Å². The lowest BCUT2D eigenvalue weighted by atomic mass is 9.98. The van der Waals surface area contributed by atoms with Gasteiger partial charge in [0.15, 0.2) is 0 Å². The molecule has 0 aromatic carbocycles. The van der Waals surface area contributed by atoms with Crippen LogP contribution < -0.4 is 0 Å². The van der Waals surface area contributed by atoms with E-state index in [1.807, 2.05) is 39.8 Å². The van der Waals surface area contributed by atoms with Crippen LogP contribution in [-0.2, 0) is 14.2 Å². The average molecular weight is 377 g/mol. The molecule has 1 aliphatic rings. The van der Waals surface area contributed by atoms with Crippen molar-refractivity contribution in [1.29, 1.82) is 0 Å². The number of rotatable bonds is 4. The molecule has 0 amide bonds. The minimum Gasteiger partial charge on any atom is -0.450 e. The van der Waals surface area contributed by atoms with Gasteiger partial charge >= 0.3 is 10.6 Å². The fourth-order valence-electron chi connectivity index (χ4n) is 2.39. The summed E-state index contributed by atoms with van der Waals surface area (Å²) in [4.78, 5) is 23.3. The van der Waals surface area contributed by atoms with E-state index >= 15 is 0 Å². The fourth-order valence-corrected chi connectivity index (χ4v) is 3.04. The topological polar surface area (TPSA) is 61.8 Å². The molecule has 0 spiro atoms. The van der Waals surface area contributed by atoms with Gasteiger partial charge in [-0.2, -0.15) is 0 Å². The highest BCUT2D eigenvalue weighted by atomic mass is 32.2. The summed E-state index contributed by atoms with van der Waals surface area (Å²) in [6.07, 6.45) is 6.59. The lowest BCUT2D eigenvalue weighted by Crippen LogP contribution is -2.33. The molecule has 138 valence electrons. The zero-order chi connectivity index (χ0) is 18.2. The summed E-state index contributed by atoms with van der Waals surface area (Å²) in [6.45, 7) is 7.91. The molecule has 7 heteroatoms. The summed E-state index contributed by atoms with van der Waals surface area (Å²) >= 11 is 2.19. The van der Waals surface area contributed by atoms with Crippen LogP contribution in [0.1, 0.15) is 47.0 Å². The van der Waals surface area contributed by atoms with E-state index in [1.54, 1.807) is 6.26 Å². The summed E-state index contributed by atoms with van der Waals surface area (Å²) in [6, 6.07) is 0. The molecule has 1 aliphatic carbocycles. The van der Waals surface area contributed by atoms with Crippen LogP contribution >= 0.6 is 23.5 Å². The monoisotopic (exact) mass is 376 g/mol. The molecule has 0 radical (unpaired) electrons. The van der Waals surface area contributed by atoms with Crippen molar-refractivity contribution in [3.8, 4) is 0 Å². The molecule has 1 rings (SSSR count). The van der Waals surface area contributed by atoms with E-state index in [0.717, 1.165) is 29.9 Å². The standard InChI is InChI=1S/C17H28O5S2/c1-6-24-16(19)21-13-9-7-12(20-15(18)23-5)8-10-14(11-13)22-17(2,3)4/h7,9,12-14H,6,8,10-11H2,1-5H3/b9-7+. The average Bonchev–Trinajstić information content (AvgIpc) is 2.46. The number of thioether (sulfide) groups is 2. The first kappa shape index (κ1) is 21.4. The highest BCUT2D eigenvalue weighted by Crippen LogP contribution is 2.25. The number of carbonyl (C=O) groups is 2. The Labute approximate surface area is 153 Å². The Kier molecular flexibility index (Phi) is 9.23. The highest BCUT2D eigenvalue weighted by Gasteiger charge is 2.27. The molecule has 0 saturated carbocycles. The van der Waals surface area contributed by atoms with Crippen LogP contribution in [0.15, 0.2) is 12.2 Å². The van der Waals surface area contributed by atoms with E-state index in [4.69, 9.17) is 14.2 Å². The van der Waals surface area contributed by atoms with Crippen LogP contribution in [0.25, 0.3) is 0 Å². The Balaban J connectivity index is 2.81. The molecule has 0 fully saturated rings. The second-order valence-electron chi connectivity index (χ2n) is 6.50. The third-order valence-corrected chi connectivity index (χ3v) is 4.30. The smallest absolute Gasteiger partial charge is 0.367 e. The normalized spacial score (nSPS) is 26.1. The maximum Gasteiger partial charge on any atom is 0.367 e. The van der Waals surface area contributed by atoms with Gasteiger partial charge < -0.3 is 14.2 Å². The molecule has 3 atom stereocenters. The number of carbonyl (C=O) groups excluding carboxylic acids is 2. The maximum absolute atomic E-state index is 11.8. The summed E-state index contributed by atoms with van der Waals surface area (Å²) in [5.41, 5.74) is -0.286. The van der Waals surface area contributed by atoms with Crippen LogP contribution in [0.2, 0.25) is 0 Å². The molecular formula is C17H28O5S2. The van der Waals surface area contributed by atoms with Gasteiger partial charge in [-0.05, 0) is 75.5 Å². The molecule has 0 bridgehead atoms. The maximum atomic E-state index is 11.8. The van der Waals surface area contributed by atoms with E-state index < -0.39 is 0 Å². The van der Waals surface area contributed by atoms with Gasteiger partial charge in [-0.3, -0.25) is 0 Å². The van der Waals surface area contributed by atoms with Crippen molar-refractivity contribution in [1.82, 2.24) is 0 Å². The summed E-state index contributed by atoms with van der Waals surface area (Å²) < 4.78 is 17.0. The van der Waals surface area contributed by atoms with E-state index in [9.17, 15) is 9.59 Å². The lowest BCUT2D eigenvalue weighted by Gasteiger charge is -2.31. The van der Waals surface area contributed by atoms with Gasteiger partial charge in [-0.1, -0.05) is 6.92 Å². The van der Waals surface area contributed by atoms with E-state index in [2.05, 4.69) is 0 Å². The molecule has 0 aromatic rings. The Hall–Kier alpha value is -0.660. The van der Waals surface area contributed by atoms with Crippen molar-refractivity contribution in [3.05, 3.63) is 12.2 Å². The van der Waals surface area contributed by atoms with Crippen molar-refractivity contribution >= 4 is 34.1 Å². The SMILES string of the molecule is CCSC(=O)OC1/C=C/C(OC(=O)SC)CCC(OC(C)(C)C)C1. The first-order chi connectivity index (χ1) is 11.2. The molecule has 24 heavy (non-hydrogen) atoms. The molecule has 0 aliphatic heterocycles. The van der Waals surface area contributed by atoms with Gasteiger partial charge in [0.25, 0.3) is 0 Å². The predicted molar refractivity (Wildman–Crippen MR) is 99.8 cm³/mol.